The second-order valence-corrected chi connectivity index (χ2v) is 4.89. The van der Waals surface area contributed by atoms with E-state index in [0.29, 0.717) is 0 Å². The molecule has 1 N–H and O–H groups in total. The number of benzene rings is 1. The lowest BCUT2D eigenvalue weighted by molar-refractivity contribution is 0.600. The van der Waals surface area contributed by atoms with Gasteiger partial charge >= 0.3 is 0 Å². The molecule has 1 atom stereocenters. The normalized spacial score (nSPS) is 12.5. The summed E-state index contributed by atoms with van der Waals surface area (Å²) in [6.45, 7) is 8.64. The van der Waals surface area contributed by atoms with Gasteiger partial charge in [-0.25, -0.2) is 8.78 Å². The van der Waals surface area contributed by atoms with E-state index in [1.54, 1.807) is 0 Å². The van der Waals surface area contributed by atoms with Crippen LogP contribution in [-0.4, -0.2) is 9.78 Å². The first-order valence-corrected chi connectivity index (χ1v) is 6.69. The number of nitrogens with zero attached hydrogens (tertiary/aromatic N) is 2. The molecule has 2 rings (SSSR count). The summed E-state index contributed by atoms with van der Waals surface area (Å²) in [4.78, 5) is 0. The number of hydrogen-bond acceptors (Lipinski definition) is 2. The van der Waals surface area contributed by atoms with Crippen molar-refractivity contribution >= 4 is 5.69 Å². The number of anilines is 1. The smallest absolute Gasteiger partial charge is 0.146 e. The van der Waals surface area contributed by atoms with Crippen LogP contribution < -0.4 is 5.32 Å². The Morgan fingerprint density at radius 1 is 1.30 bits per heavy atom. The van der Waals surface area contributed by atoms with Gasteiger partial charge in [0.1, 0.15) is 11.6 Å². The second kappa shape index (κ2) is 5.61. The average molecular weight is 279 g/mol. The molecule has 5 heteroatoms. The largest absolute Gasteiger partial charge is 0.376 e. The minimum Gasteiger partial charge on any atom is -0.376 e. The maximum atomic E-state index is 13.7. The molecule has 2 aromatic rings. The predicted molar refractivity (Wildman–Crippen MR) is 75.8 cm³/mol. The molecule has 0 radical (unpaired) electrons. The van der Waals surface area contributed by atoms with Gasteiger partial charge in [-0.15, -0.1) is 0 Å². The summed E-state index contributed by atoms with van der Waals surface area (Å²) in [5.74, 6) is -0.921. The SMILES string of the molecule is CCn1nc(C)c(C(C)Nc2cc(F)ccc2F)c1C. The monoisotopic (exact) mass is 279 g/mol. The van der Waals surface area contributed by atoms with Crippen LogP contribution in [0.3, 0.4) is 0 Å². The molecule has 0 saturated heterocycles. The molecule has 1 aromatic heterocycles. The van der Waals surface area contributed by atoms with Gasteiger partial charge in [0.25, 0.3) is 0 Å². The quantitative estimate of drug-likeness (QED) is 0.917. The number of hydrogen-bond donors (Lipinski definition) is 1. The molecule has 0 aliphatic rings. The second-order valence-electron chi connectivity index (χ2n) is 4.89. The van der Waals surface area contributed by atoms with E-state index in [1.807, 2.05) is 32.4 Å². The van der Waals surface area contributed by atoms with E-state index >= 15 is 0 Å². The summed E-state index contributed by atoms with van der Waals surface area (Å²) in [7, 11) is 0. The number of halogens is 2. The van der Waals surface area contributed by atoms with Gasteiger partial charge in [0.05, 0.1) is 17.4 Å². The van der Waals surface area contributed by atoms with E-state index in [0.717, 1.165) is 35.6 Å². The van der Waals surface area contributed by atoms with Gasteiger partial charge in [-0.3, -0.25) is 4.68 Å². The van der Waals surface area contributed by atoms with Crippen molar-refractivity contribution in [2.45, 2.75) is 40.3 Å². The zero-order valence-electron chi connectivity index (χ0n) is 12.2. The molecule has 1 aromatic carbocycles. The Morgan fingerprint density at radius 2 is 2.00 bits per heavy atom. The van der Waals surface area contributed by atoms with Crippen LogP contribution in [0.4, 0.5) is 14.5 Å². The van der Waals surface area contributed by atoms with E-state index < -0.39 is 11.6 Å². The van der Waals surface area contributed by atoms with Crippen LogP contribution in [0.1, 0.15) is 36.8 Å². The van der Waals surface area contributed by atoms with Crippen LogP contribution in [0.15, 0.2) is 18.2 Å². The fourth-order valence-electron chi connectivity index (χ4n) is 2.56. The van der Waals surface area contributed by atoms with Crippen molar-refractivity contribution in [1.29, 1.82) is 0 Å². The lowest BCUT2D eigenvalue weighted by Crippen LogP contribution is -2.10. The molecule has 3 nitrogen and oxygen atoms in total. The average Bonchev–Trinajstić information content (AvgIpc) is 2.68. The molecule has 108 valence electrons. The Morgan fingerprint density at radius 3 is 2.60 bits per heavy atom. The molecule has 0 saturated carbocycles. The fraction of sp³-hybridized carbons (Fsp3) is 0.400. The molecule has 20 heavy (non-hydrogen) atoms. The predicted octanol–water partition coefficient (Wildman–Crippen LogP) is 3.97. The number of aromatic nitrogens is 2. The third kappa shape index (κ3) is 2.66. The van der Waals surface area contributed by atoms with Crippen molar-refractivity contribution in [1.82, 2.24) is 9.78 Å². The third-order valence-electron chi connectivity index (χ3n) is 3.47. The Bertz CT molecular complexity index is 620. The minimum atomic E-state index is -0.462. The molecular formula is C15H19F2N3. The van der Waals surface area contributed by atoms with Gasteiger partial charge in [0.15, 0.2) is 0 Å². The molecule has 0 fully saturated rings. The highest BCUT2D eigenvalue weighted by molar-refractivity contribution is 5.48. The van der Waals surface area contributed by atoms with Gasteiger partial charge in [-0.05, 0) is 45.9 Å². The molecule has 1 unspecified atom stereocenters. The summed E-state index contributed by atoms with van der Waals surface area (Å²) in [6.07, 6.45) is 0. The summed E-state index contributed by atoms with van der Waals surface area (Å²) < 4.78 is 28.8. The van der Waals surface area contributed by atoms with Crippen LogP contribution in [0, 0.1) is 25.5 Å². The molecular weight excluding hydrogens is 260 g/mol. The highest BCUT2D eigenvalue weighted by Crippen LogP contribution is 2.26. The Labute approximate surface area is 117 Å². The molecule has 0 aliphatic heterocycles. The van der Waals surface area contributed by atoms with E-state index in [4.69, 9.17) is 0 Å². The summed E-state index contributed by atoms with van der Waals surface area (Å²) >= 11 is 0. The van der Waals surface area contributed by atoms with E-state index in [1.165, 1.54) is 6.07 Å². The fourth-order valence-corrected chi connectivity index (χ4v) is 2.56. The van der Waals surface area contributed by atoms with Crippen LogP contribution in [-0.2, 0) is 6.54 Å². The van der Waals surface area contributed by atoms with Crippen molar-refractivity contribution in [3.63, 3.8) is 0 Å². The standard InChI is InChI=1S/C15H19F2N3/c1-5-20-11(4)15(10(3)19-20)9(2)18-14-8-12(16)6-7-13(14)17/h6-9,18H,5H2,1-4H3. The van der Waals surface area contributed by atoms with Gasteiger partial charge in [0.2, 0.25) is 0 Å². The molecule has 0 spiro atoms. The number of aryl methyl sites for hydroxylation is 2. The number of rotatable bonds is 4. The first-order valence-electron chi connectivity index (χ1n) is 6.69. The van der Waals surface area contributed by atoms with E-state index in [-0.39, 0.29) is 11.7 Å². The zero-order chi connectivity index (χ0) is 14.9. The highest BCUT2D eigenvalue weighted by Gasteiger charge is 2.18. The molecule has 0 bridgehead atoms. The molecule has 1 heterocycles. The summed E-state index contributed by atoms with van der Waals surface area (Å²) in [5, 5.41) is 7.46. The maximum Gasteiger partial charge on any atom is 0.146 e. The minimum absolute atomic E-state index is 0.147. The van der Waals surface area contributed by atoms with Crippen molar-refractivity contribution in [3.8, 4) is 0 Å². The number of nitrogens with one attached hydrogen (secondary N) is 1. The van der Waals surface area contributed by atoms with Crippen LogP contribution in [0.5, 0.6) is 0 Å². The van der Waals surface area contributed by atoms with Crippen LogP contribution >= 0.6 is 0 Å². The van der Waals surface area contributed by atoms with Crippen molar-refractivity contribution in [2.24, 2.45) is 0 Å². The highest BCUT2D eigenvalue weighted by atomic mass is 19.1. The zero-order valence-corrected chi connectivity index (χ0v) is 12.2. The van der Waals surface area contributed by atoms with Crippen molar-refractivity contribution < 1.29 is 8.78 Å². The van der Waals surface area contributed by atoms with Crippen molar-refractivity contribution in [3.05, 3.63) is 46.8 Å². The van der Waals surface area contributed by atoms with Crippen LogP contribution in [0.25, 0.3) is 0 Å². The first-order chi connectivity index (χ1) is 9.43. The Kier molecular flexibility index (Phi) is 4.06. The van der Waals surface area contributed by atoms with Gasteiger partial charge in [0, 0.05) is 17.8 Å². The lowest BCUT2D eigenvalue weighted by Gasteiger charge is -2.17. The van der Waals surface area contributed by atoms with E-state index in [2.05, 4.69) is 10.4 Å². The first kappa shape index (κ1) is 14.5. The third-order valence-corrected chi connectivity index (χ3v) is 3.47. The Balaban J connectivity index is 2.30. The van der Waals surface area contributed by atoms with E-state index in [9.17, 15) is 8.78 Å². The Hall–Kier alpha value is -1.91. The molecule has 0 aliphatic carbocycles. The maximum absolute atomic E-state index is 13.7. The molecule has 0 amide bonds. The summed E-state index contributed by atoms with van der Waals surface area (Å²) in [6, 6.07) is 3.25. The summed E-state index contributed by atoms with van der Waals surface area (Å²) in [5.41, 5.74) is 3.14. The van der Waals surface area contributed by atoms with Gasteiger partial charge in [-0.2, -0.15) is 5.10 Å². The van der Waals surface area contributed by atoms with Crippen LogP contribution in [0.2, 0.25) is 0 Å². The lowest BCUT2D eigenvalue weighted by atomic mass is 10.1. The topological polar surface area (TPSA) is 29.9 Å². The van der Waals surface area contributed by atoms with Gasteiger partial charge < -0.3 is 5.32 Å². The van der Waals surface area contributed by atoms with Crippen molar-refractivity contribution in [2.75, 3.05) is 5.32 Å². The van der Waals surface area contributed by atoms with Gasteiger partial charge in [-0.1, -0.05) is 0 Å².